The van der Waals surface area contributed by atoms with E-state index in [4.69, 9.17) is 4.74 Å². The van der Waals surface area contributed by atoms with Crippen molar-refractivity contribution < 1.29 is 19.4 Å². The lowest BCUT2D eigenvalue weighted by Gasteiger charge is -2.15. The number of nitrogens with zero attached hydrogens (tertiary/aromatic N) is 1. The number of benzene rings is 2. The molecule has 0 saturated carbocycles. The van der Waals surface area contributed by atoms with E-state index in [1.54, 1.807) is 30.3 Å². The number of hydrogen-bond acceptors (Lipinski definition) is 5. The predicted octanol–water partition coefficient (Wildman–Crippen LogP) is 3.92. The Bertz CT molecular complexity index is 1020. The van der Waals surface area contributed by atoms with Gasteiger partial charge >= 0.3 is 5.97 Å². The van der Waals surface area contributed by atoms with E-state index in [0.717, 1.165) is 27.2 Å². The molecule has 2 N–H and O–H groups in total. The average molecular weight is 410 g/mol. The van der Waals surface area contributed by atoms with Crippen LogP contribution in [0, 0.1) is 6.92 Å². The number of aliphatic carboxylic acids is 1. The number of aryl methyl sites for hydroxylation is 1. The Labute approximate surface area is 173 Å². The first-order valence-corrected chi connectivity index (χ1v) is 10.2. The number of carbonyl (C=O) groups excluding carboxylic acids is 1. The fourth-order valence-electron chi connectivity index (χ4n) is 2.85. The van der Waals surface area contributed by atoms with Gasteiger partial charge in [-0.2, -0.15) is 0 Å². The molecular formula is C22H22N2O4S. The number of nitrogens with one attached hydrogen (secondary N) is 1. The van der Waals surface area contributed by atoms with E-state index in [1.165, 1.54) is 11.8 Å². The molecule has 0 aliphatic rings. The largest absolute Gasteiger partial charge is 0.494 e. The second kappa shape index (κ2) is 9.43. The van der Waals surface area contributed by atoms with Crippen molar-refractivity contribution in [2.75, 3.05) is 12.4 Å². The van der Waals surface area contributed by atoms with Gasteiger partial charge in [-0.15, -0.1) is 11.8 Å². The van der Waals surface area contributed by atoms with Crippen LogP contribution in [-0.4, -0.2) is 40.4 Å². The van der Waals surface area contributed by atoms with Crippen LogP contribution in [0.15, 0.2) is 59.5 Å². The van der Waals surface area contributed by atoms with Crippen LogP contribution in [0.25, 0.3) is 10.9 Å². The second-order valence-corrected chi connectivity index (χ2v) is 7.48. The molecule has 150 valence electrons. The van der Waals surface area contributed by atoms with Crippen LogP contribution in [0.3, 0.4) is 0 Å². The normalized spacial score (nSPS) is 11.8. The number of pyridine rings is 1. The number of fused-ring (bicyclic) bond motifs is 1. The number of carboxylic acid groups (broad SMARTS) is 1. The summed E-state index contributed by atoms with van der Waals surface area (Å²) >= 11 is 1.37. The number of ether oxygens (including phenoxy) is 1. The fourth-order valence-corrected chi connectivity index (χ4v) is 4.00. The predicted molar refractivity (Wildman–Crippen MR) is 114 cm³/mol. The first kappa shape index (κ1) is 20.7. The maximum atomic E-state index is 12.3. The van der Waals surface area contributed by atoms with Gasteiger partial charge in [0.05, 0.1) is 12.1 Å². The monoisotopic (exact) mass is 410 g/mol. The molecule has 3 aromatic rings. The summed E-state index contributed by atoms with van der Waals surface area (Å²) in [5.41, 5.74) is 2.08. The number of thioether (sulfide) groups is 1. The maximum Gasteiger partial charge on any atom is 0.327 e. The molecule has 0 saturated heterocycles. The van der Waals surface area contributed by atoms with Crippen LogP contribution in [0.5, 0.6) is 5.75 Å². The summed E-state index contributed by atoms with van der Waals surface area (Å²) in [4.78, 5) is 29.5. The maximum absolute atomic E-state index is 12.3. The highest BCUT2D eigenvalue weighted by atomic mass is 32.2. The summed E-state index contributed by atoms with van der Waals surface area (Å²) < 4.78 is 5.58. The lowest BCUT2D eigenvalue weighted by molar-refractivity contribution is -0.138. The van der Waals surface area contributed by atoms with Gasteiger partial charge in [0.2, 0.25) is 0 Å². The van der Waals surface area contributed by atoms with Crippen LogP contribution in [-0.2, 0) is 4.79 Å². The third-order valence-electron chi connectivity index (χ3n) is 4.23. The highest BCUT2D eigenvalue weighted by Crippen LogP contribution is 2.31. The lowest BCUT2D eigenvalue weighted by Crippen LogP contribution is -2.42. The van der Waals surface area contributed by atoms with Gasteiger partial charge in [0.25, 0.3) is 5.91 Å². The Balaban J connectivity index is 1.80. The van der Waals surface area contributed by atoms with Crippen molar-refractivity contribution in [3.8, 4) is 5.75 Å². The van der Waals surface area contributed by atoms with Crippen LogP contribution in [0.4, 0.5) is 0 Å². The number of carbonyl (C=O) groups is 2. The molecule has 2 aromatic carbocycles. The van der Waals surface area contributed by atoms with E-state index >= 15 is 0 Å². The molecule has 3 rings (SSSR count). The van der Waals surface area contributed by atoms with Crippen molar-refractivity contribution in [3.05, 3.63) is 65.9 Å². The van der Waals surface area contributed by atoms with E-state index in [9.17, 15) is 14.7 Å². The van der Waals surface area contributed by atoms with Crippen molar-refractivity contribution in [3.63, 3.8) is 0 Å². The zero-order valence-electron chi connectivity index (χ0n) is 16.2. The molecule has 1 aromatic heterocycles. The summed E-state index contributed by atoms with van der Waals surface area (Å²) in [7, 11) is 0. The SMILES string of the molecule is CCOc1ccc2nc(C)cc(SCC(NC(=O)c3ccccc3)C(=O)O)c2c1. The Kier molecular flexibility index (Phi) is 6.72. The molecule has 0 aliphatic carbocycles. The van der Waals surface area contributed by atoms with E-state index < -0.39 is 17.9 Å². The first-order valence-electron chi connectivity index (χ1n) is 9.23. The molecule has 0 bridgehead atoms. The number of aromatic nitrogens is 1. The van der Waals surface area contributed by atoms with Crippen molar-refractivity contribution in [1.29, 1.82) is 0 Å². The zero-order chi connectivity index (χ0) is 20.8. The zero-order valence-corrected chi connectivity index (χ0v) is 17.0. The van der Waals surface area contributed by atoms with Crippen molar-refractivity contribution in [1.82, 2.24) is 10.3 Å². The topological polar surface area (TPSA) is 88.5 Å². The van der Waals surface area contributed by atoms with E-state index in [2.05, 4.69) is 10.3 Å². The minimum atomic E-state index is -1.08. The molecule has 7 heteroatoms. The first-order chi connectivity index (χ1) is 14.0. The van der Waals surface area contributed by atoms with Crippen LogP contribution < -0.4 is 10.1 Å². The van der Waals surface area contributed by atoms with E-state index in [1.807, 2.05) is 38.1 Å². The van der Waals surface area contributed by atoms with Gasteiger partial charge in [-0.25, -0.2) is 4.79 Å². The number of hydrogen-bond donors (Lipinski definition) is 2. The lowest BCUT2D eigenvalue weighted by atomic mass is 10.2. The van der Waals surface area contributed by atoms with Crippen molar-refractivity contribution >= 4 is 34.5 Å². The number of rotatable bonds is 8. The second-order valence-electron chi connectivity index (χ2n) is 6.42. The number of amides is 1. The van der Waals surface area contributed by atoms with E-state index in [-0.39, 0.29) is 5.75 Å². The molecule has 1 amide bonds. The molecule has 29 heavy (non-hydrogen) atoms. The van der Waals surface area contributed by atoms with Gasteiger partial charge in [0, 0.05) is 27.3 Å². The van der Waals surface area contributed by atoms with Crippen molar-refractivity contribution in [2.45, 2.75) is 24.8 Å². The molecule has 1 heterocycles. The van der Waals surface area contributed by atoms with Gasteiger partial charge in [-0.05, 0) is 50.2 Å². The van der Waals surface area contributed by atoms with Gasteiger partial charge in [0.1, 0.15) is 11.8 Å². The standard InChI is InChI=1S/C22H22N2O4S/c1-3-28-16-9-10-18-17(12-16)20(11-14(2)23-18)29-13-19(22(26)27)24-21(25)15-7-5-4-6-8-15/h4-12,19H,3,13H2,1-2H3,(H,24,25)(H,26,27). The Morgan fingerprint density at radius 2 is 1.93 bits per heavy atom. The highest BCUT2D eigenvalue weighted by molar-refractivity contribution is 7.99. The minimum absolute atomic E-state index is 0.186. The van der Waals surface area contributed by atoms with Crippen LogP contribution in [0.1, 0.15) is 23.0 Å². The van der Waals surface area contributed by atoms with Gasteiger partial charge < -0.3 is 15.2 Å². The molecule has 1 unspecified atom stereocenters. The summed E-state index contributed by atoms with van der Waals surface area (Å²) in [5, 5.41) is 13.1. The summed E-state index contributed by atoms with van der Waals surface area (Å²) in [6, 6.07) is 15.1. The minimum Gasteiger partial charge on any atom is -0.494 e. The molecule has 0 radical (unpaired) electrons. The van der Waals surface area contributed by atoms with Crippen LogP contribution >= 0.6 is 11.8 Å². The number of carboxylic acids is 1. The quantitative estimate of drug-likeness (QED) is 0.547. The van der Waals surface area contributed by atoms with Gasteiger partial charge in [-0.3, -0.25) is 9.78 Å². The van der Waals surface area contributed by atoms with Crippen molar-refractivity contribution in [2.24, 2.45) is 0 Å². The molecule has 0 aliphatic heterocycles. The summed E-state index contributed by atoms with van der Waals surface area (Å²) in [6.45, 7) is 4.37. The average Bonchev–Trinajstić information content (AvgIpc) is 2.71. The Morgan fingerprint density at radius 1 is 1.17 bits per heavy atom. The fraction of sp³-hybridized carbons (Fsp3) is 0.227. The third kappa shape index (κ3) is 5.26. The smallest absolute Gasteiger partial charge is 0.327 e. The summed E-state index contributed by atoms with van der Waals surface area (Å²) in [6.07, 6.45) is 0. The summed E-state index contributed by atoms with van der Waals surface area (Å²) in [5.74, 6) is -0.565. The van der Waals surface area contributed by atoms with Crippen LogP contribution in [0.2, 0.25) is 0 Å². The van der Waals surface area contributed by atoms with Gasteiger partial charge in [-0.1, -0.05) is 18.2 Å². The Morgan fingerprint density at radius 3 is 2.62 bits per heavy atom. The molecule has 6 nitrogen and oxygen atoms in total. The Hall–Kier alpha value is -3.06. The molecular weight excluding hydrogens is 388 g/mol. The van der Waals surface area contributed by atoms with E-state index in [0.29, 0.717) is 12.2 Å². The molecule has 0 spiro atoms. The molecule has 1 atom stereocenters. The molecule has 0 fully saturated rings. The van der Waals surface area contributed by atoms with Gasteiger partial charge in [0.15, 0.2) is 0 Å². The highest BCUT2D eigenvalue weighted by Gasteiger charge is 2.21. The third-order valence-corrected chi connectivity index (χ3v) is 5.37.